The fraction of sp³-hybridized carbons (Fsp3) is 0.462. The lowest BCUT2D eigenvalue weighted by Crippen LogP contribution is -2.34. The van der Waals surface area contributed by atoms with Crippen LogP contribution in [0.15, 0.2) is 24.3 Å². The van der Waals surface area contributed by atoms with Gasteiger partial charge in [0.15, 0.2) is 0 Å². The van der Waals surface area contributed by atoms with Crippen LogP contribution in [-0.2, 0) is 11.3 Å². The number of anilines is 1. The summed E-state index contributed by atoms with van der Waals surface area (Å²) in [5.74, 6) is -0.0275. The molecule has 1 fully saturated rings. The van der Waals surface area contributed by atoms with Gasteiger partial charge in [-0.2, -0.15) is 0 Å². The Labute approximate surface area is 96.2 Å². The Bertz CT molecular complexity index is 355. The highest BCUT2D eigenvalue weighted by Gasteiger charge is 2.15. The smallest absolute Gasteiger partial charge is 0.221 e. The number of carbonyl (C=O) groups excluding carboxylic acids is 1. The molecule has 3 heteroatoms. The number of hydrogen-bond donors (Lipinski definition) is 2. The molecule has 0 aliphatic heterocycles. The molecule has 0 bridgehead atoms. The van der Waals surface area contributed by atoms with Gasteiger partial charge in [0.1, 0.15) is 0 Å². The highest BCUT2D eigenvalue weighted by molar-refractivity contribution is 5.88. The number of amides is 1. The Morgan fingerprint density at radius 3 is 2.50 bits per heavy atom. The van der Waals surface area contributed by atoms with E-state index in [1.54, 1.807) is 0 Å². The third kappa shape index (κ3) is 3.07. The van der Waals surface area contributed by atoms with Crippen LogP contribution in [0.2, 0.25) is 0 Å². The van der Waals surface area contributed by atoms with Gasteiger partial charge in [-0.25, -0.2) is 0 Å². The van der Waals surface area contributed by atoms with Crippen LogP contribution in [0.5, 0.6) is 0 Å². The van der Waals surface area contributed by atoms with Crippen LogP contribution in [0.4, 0.5) is 5.69 Å². The van der Waals surface area contributed by atoms with Crippen molar-refractivity contribution in [1.82, 2.24) is 5.32 Å². The summed E-state index contributed by atoms with van der Waals surface area (Å²) in [6.45, 7) is 2.44. The Kier molecular flexibility index (Phi) is 3.57. The van der Waals surface area contributed by atoms with Crippen LogP contribution in [-0.4, -0.2) is 11.9 Å². The summed E-state index contributed by atoms with van der Waals surface area (Å²) in [6, 6.07) is 8.71. The molecule has 1 amide bonds. The van der Waals surface area contributed by atoms with E-state index in [0.717, 1.165) is 18.3 Å². The SMILES string of the molecule is CC(=O)Nc1ccc(CNC2CCC2)cc1. The van der Waals surface area contributed by atoms with Gasteiger partial charge in [0.25, 0.3) is 0 Å². The Morgan fingerprint density at radius 1 is 1.31 bits per heavy atom. The predicted molar refractivity (Wildman–Crippen MR) is 65.2 cm³/mol. The second-order valence-electron chi connectivity index (χ2n) is 4.39. The van der Waals surface area contributed by atoms with Crippen LogP contribution >= 0.6 is 0 Å². The highest BCUT2D eigenvalue weighted by atomic mass is 16.1. The Balaban J connectivity index is 1.83. The van der Waals surface area contributed by atoms with Gasteiger partial charge in [0.05, 0.1) is 0 Å². The average Bonchev–Trinajstić information content (AvgIpc) is 2.17. The maximum Gasteiger partial charge on any atom is 0.221 e. The zero-order valence-electron chi connectivity index (χ0n) is 9.62. The van der Waals surface area contributed by atoms with E-state index >= 15 is 0 Å². The van der Waals surface area contributed by atoms with Gasteiger partial charge >= 0.3 is 0 Å². The van der Waals surface area contributed by atoms with E-state index in [0.29, 0.717) is 0 Å². The zero-order valence-corrected chi connectivity index (χ0v) is 9.62. The molecule has 0 heterocycles. The monoisotopic (exact) mass is 218 g/mol. The molecule has 2 rings (SSSR count). The predicted octanol–water partition coefficient (Wildman–Crippen LogP) is 2.29. The minimum absolute atomic E-state index is 0.0275. The van der Waals surface area contributed by atoms with Gasteiger partial charge in [-0.05, 0) is 30.5 Å². The number of benzene rings is 1. The lowest BCUT2D eigenvalue weighted by Gasteiger charge is -2.26. The fourth-order valence-corrected chi connectivity index (χ4v) is 1.78. The number of hydrogen-bond acceptors (Lipinski definition) is 2. The first-order chi connectivity index (χ1) is 7.74. The van der Waals surface area contributed by atoms with Gasteiger partial charge in [-0.15, -0.1) is 0 Å². The molecule has 1 aliphatic carbocycles. The van der Waals surface area contributed by atoms with E-state index < -0.39 is 0 Å². The van der Waals surface area contributed by atoms with Gasteiger partial charge in [0.2, 0.25) is 5.91 Å². The largest absolute Gasteiger partial charge is 0.326 e. The van der Waals surface area contributed by atoms with E-state index in [4.69, 9.17) is 0 Å². The van der Waals surface area contributed by atoms with E-state index in [9.17, 15) is 4.79 Å². The molecule has 1 saturated carbocycles. The van der Waals surface area contributed by atoms with Crippen molar-refractivity contribution in [1.29, 1.82) is 0 Å². The van der Waals surface area contributed by atoms with Crippen LogP contribution in [0.1, 0.15) is 31.7 Å². The second-order valence-corrected chi connectivity index (χ2v) is 4.39. The molecular weight excluding hydrogens is 200 g/mol. The average molecular weight is 218 g/mol. The molecule has 1 aromatic rings. The summed E-state index contributed by atoms with van der Waals surface area (Å²) in [7, 11) is 0. The minimum atomic E-state index is -0.0275. The van der Waals surface area contributed by atoms with Crippen molar-refractivity contribution in [2.75, 3.05) is 5.32 Å². The molecule has 0 unspecified atom stereocenters. The first-order valence-electron chi connectivity index (χ1n) is 5.84. The van der Waals surface area contributed by atoms with Crippen molar-refractivity contribution in [2.45, 2.75) is 38.8 Å². The van der Waals surface area contributed by atoms with Crippen LogP contribution < -0.4 is 10.6 Å². The molecule has 3 nitrogen and oxygen atoms in total. The van der Waals surface area contributed by atoms with Crippen molar-refractivity contribution < 1.29 is 4.79 Å². The van der Waals surface area contributed by atoms with Crippen molar-refractivity contribution >= 4 is 11.6 Å². The molecule has 86 valence electrons. The van der Waals surface area contributed by atoms with Crippen molar-refractivity contribution in [3.63, 3.8) is 0 Å². The van der Waals surface area contributed by atoms with E-state index in [2.05, 4.69) is 22.8 Å². The summed E-state index contributed by atoms with van der Waals surface area (Å²) in [5.41, 5.74) is 2.13. The van der Waals surface area contributed by atoms with E-state index in [-0.39, 0.29) is 5.91 Å². The van der Waals surface area contributed by atoms with Crippen LogP contribution in [0, 0.1) is 0 Å². The zero-order chi connectivity index (χ0) is 11.4. The third-order valence-corrected chi connectivity index (χ3v) is 2.97. The number of carbonyl (C=O) groups is 1. The van der Waals surface area contributed by atoms with Crippen LogP contribution in [0.3, 0.4) is 0 Å². The number of rotatable bonds is 4. The Morgan fingerprint density at radius 2 is 2.00 bits per heavy atom. The first kappa shape index (κ1) is 11.1. The molecule has 0 atom stereocenters. The van der Waals surface area contributed by atoms with E-state index in [1.807, 2.05) is 12.1 Å². The normalized spacial score (nSPS) is 15.6. The third-order valence-electron chi connectivity index (χ3n) is 2.97. The molecule has 1 aromatic carbocycles. The molecular formula is C13H18N2O. The topological polar surface area (TPSA) is 41.1 Å². The summed E-state index contributed by atoms with van der Waals surface area (Å²) in [6.07, 6.45) is 3.98. The van der Waals surface area contributed by atoms with Crippen molar-refractivity contribution in [3.05, 3.63) is 29.8 Å². The molecule has 0 saturated heterocycles. The molecule has 2 N–H and O–H groups in total. The Hall–Kier alpha value is -1.35. The maximum atomic E-state index is 10.8. The van der Waals surface area contributed by atoms with Gasteiger partial charge in [-0.1, -0.05) is 18.6 Å². The molecule has 16 heavy (non-hydrogen) atoms. The summed E-state index contributed by atoms with van der Waals surface area (Å²) < 4.78 is 0. The summed E-state index contributed by atoms with van der Waals surface area (Å²) in [4.78, 5) is 10.8. The van der Waals surface area contributed by atoms with Crippen molar-refractivity contribution in [2.24, 2.45) is 0 Å². The second kappa shape index (κ2) is 5.12. The minimum Gasteiger partial charge on any atom is -0.326 e. The summed E-state index contributed by atoms with van der Waals surface area (Å²) >= 11 is 0. The van der Waals surface area contributed by atoms with Crippen LogP contribution in [0.25, 0.3) is 0 Å². The summed E-state index contributed by atoms with van der Waals surface area (Å²) in [5, 5.41) is 6.27. The molecule has 0 radical (unpaired) electrons. The van der Waals surface area contributed by atoms with E-state index in [1.165, 1.54) is 31.7 Å². The lowest BCUT2D eigenvalue weighted by molar-refractivity contribution is -0.114. The fourth-order valence-electron chi connectivity index (χ4n) is 1.78. The molecule has 0 spiro atoms. The lowest BCUT2D eigenvalue weighted by atomic mass is 9.93. The maximum absolute atomic E-state index is 10.8. The standard InChI is InChI=1S/C13H18N2O/c1-10(16)15-13-7-5-11(6-8-13)9-14-12-3-2-4-12/h5-8,12,14H,2-4,9H2,1H3,(H,15,16). The molecule has 1 aliphatic rings. The van der Waals surface area contributed by atoms with Gasteiger partial charge < -0.3 is 10.6 Å². The van der Waals surface area contributed by atoms with Crippen molar-refractivity contribution in [3.8, 4) is 0 Å². The molecule has 0 aromatic heterocycles. The van der Waals surface area contributed by atoms with Gasteiger partial charge in [-0.3, -0.25) is 4.79 Å². The van der Waals surface area contributed by atoms with Gasteiger partial charge in [0, 0.05) is 25.2 Å². The first-order valence-corrected chi connectivity index (χ1v) is 5.84. The highest BCUT2D eigenvalue weighted by Crippen LogP contribution is 2.18. The number of nitrogens with one attached hydrogen (secondary N) is 2. The quantitative estimate of drug-likeness (QED) is 0.814.